The van der Waals surface area contributed by atoms with Crippen LogP contribution in [-0.4, -0.2) is 23.2 Å². The van der Waals surface area contributed by atoms with Crippen molar-refractivity contribution >= 4 is 5.91 Å². The number of aliphatic hydroxyl groups is 1. The molecule has 0 bridgehead atoms. The first-order chi connectivity index (χ1) is 6.90. The van der Waals surface area contributed by atoms with E-state index in [1.807, 2.05) is 0 Å². The van der Waals surface area contributed by atoms with Gasteiger partial charge in [0.25, 0.3) is 5.91 Å². The minimum atomic E-state index is -0.999. The molecule has 0 spiro atoms. The van der Waals surface area contributed by atoms with Crippen molar-refractivity contribution in [2.45, 2.75) is 19.4 Å². The lowest BCUT2D eigenvalue weighted by Crippen LogP contribution is -2.38. The quantitative estimate of drug-likeness (QED) is 0.792. The molecule has 0 aliphatic rings. The number of carbonyl (C=O) groups excluding carboxylic acids is 1. The molecule has 82 valence electrons. The van der Waals surface area contributed by atoms with E-state index in [9.17, 15) is 14.3 Å². The Balaban J connectivity index is 2.66. The molecule has 0 radical (unpaired) electrons. The predicted molar refractivity (Wildman–Crippen MR) is 55.0 cm³/mol. The summed E-state index contributed by atoms with van der Waals surface area (Å²) < 4.78 is 13.1. The van der Waals surface area contributed by atoms with Gasteiger partial charge in [0.05, 0.1) is 11.2 Å². The second kappa shape index (κ2) is 4.40. The molecule has 4 heteroatoms. The number of carbonyl (C=O) groups is 1. The highest BCUT2D eigenvalue weighted by molar-refractivity contribution is 5.94. The molecule has 0 aliphatic heterocycles. The van der Waals surface area contributed by atoms with Crippen molar-refractivity contribution in [3.8, 4) is 0 Å². The first kappa shape index (κ1) is 11.7. The van der Waals surface area contributed by atoms with Gasteiger partial charge in [-0.3, -0.25) is 4.79 Å². The Kier molecular flexibility index (Phi) is 3.42. The molecule has 0 aliphatic carbocycles. The van der Waals surface area contributed by atoms with Gasteiger partial charge < -0.3 is 10.4 Å². The number of benzene rings is 1. The summed E-state index contributed by atoms with van der Waals surface area (Å²) in [6.45, 7) is 3.21. The topological polar surface area (TPSA) is 49.3 Å². The Bertz CT molecular complexity index is 358. The molecule has 0 heterocycles. The maximum Gasteiger partial charge on any atom is 0.254 e. The lowest BCUT2D eigenvalue weighted by atomic mass is 10.1. The van der Waals surface area contributed by atoms with Crippen LogP contribution in [0.15, 0.2) is 24.3 Å². The Morgan fingerprint density at radius 1 is 1.47 bits per heavy atom. The van der Waals surface area contributed by atoms with Crippen LogP contribution in [0.3, 0.4) is 0 Å². The van der Waals surface area contributed by atoms with Crippen LogP contribution >= 0.6 is 0 Å². The summed E-state index contributed by atoms with van der Waals surface area (Å²) in [7, 11) is 0. The van der Waals surface area contributed by atoms with Crippen LogP contribution in [0.1, 0.15) is 24.2 Å². The number of rotatable bonds is 3. The van der Waals surface area contributed by atoms with Gasteiger partial charge in [0.15, 0.2) is 0 Å². The normalized spacial score (nSPS) is 11.2. The first-order valence-corrected chi connectivity index (χ1v) is 4.65. The van der Waals surface area contributed by atoms with Gasteiger partial charge in [-0.15, -0.1) is 0 Å². The summed E-state index contributed by atoms with van der Waals surface area (Å²) in [6.07, 6.45) is 0. The van der Waals surface area contributed by atoms with Crippen molar-refractivity contribution in [1.82, 2.24) is 5.32 Å². The van der Waals surface area contributed by atoms with Crippen molar-refractivity contribution in [3.63, 3.8) is 0 Å². The second-order valence-electron chi connectivity index (χ2n) is 3.97. The summed E-state index contributed by atoms with van der Waals surface area (Å²) in [5.74, 6) is -1.08. The zero-order valence-electron chi connectivity index (χ0n) is 8.75. The van der Waals surface area contributed by atoms with Gasteiger partial charge in [-0.25, -0.2) is 4.39 Å². The van der Waals surface area contributed by atoms with Crippen molar-refractivity contribution in [1.29, 1.82) is 0 Å². The fourth-order valence-electron chi connectivity index (χ4n) is 1.04. The molecule has 3 nitrogen and oxygen atoms in total. The average molecular weight is 211 g/mol. The van der Waals surface area contributed by atoms with E-state index in [1.54, 1.807) is 19.9 Å². The van der Waals surface area contributed by atoms with Crippen molar-refractivity contribution in [3.05, 3.63) is 35.6 Å². The molecule has 0 atom stereocenters. The Morgan fingerprint density at radius 2 is 2.07 bits per heavy atom. The van der Waals surface area contributed by atoms with E-state index in [2.05, 4.69) is 5.32 Å². The Labute approximate surface area is 87.9 Å². The van der Waals surface area contributed by atoms with Gasteiger partial charge in [0.2, 0.25) is 0 Å². The van der Waals surface area contributed by atoms with Gasteiger partial charge in [0, 0.05) is 6.54 Å². The molecule has 0 fully saturated rings. The highest BCUT2D eigenvalue weighted by Gasteiger charge is 2.16. The number of amides is 1. The molecule has 0 unspecified atom stereocenters. The average Bonchev–Trinajstić information content (AvgIpc) is 2.14. The predicted octanol–water partition coefficient (Wildman–Crippen LogP) is 1.33. The van der Waals surface area contributed by atoms with E-state index in [4.69, 9.17) is 0 Å². The van der Waals surface area contributed by atoms with Crippen LogP contribution in [0.5, 0.6) is 0 Å². The van der Waals surface area contributed by atoms with Crippen LogP contribution in [0.4, 0.5) is 4.39 Å². The molecule has 1 rings (SSSR count). The number of halogens is 1. The Morgan fingerprint density at radius 3 is 2.60 bits per heavy atom. The summed E-state index contributed by atoms with van der Waals surface area (Å²) in [5.41, 5.74) is -1.01. The third kappa shape index (κ3) is 3.67. The number of hydrogen-bond acceptors (Lipinski definition) is 2. The van der Waals surface area contributed by atoms with Crippen molar-refractivity contribution in [2.24, 2.45) is 0 Å². The summed E-state index contributed by atoms with van der Waals surface area (Å²) in [6, 6.07) is 5.72. The Hall–Kier alpha value is -1.42. The summed E-state index contributed by atoms with van der Waals surface area (Å²) in [4.78, 5) is 11.4. The minimum absolute atomic E-state index is 0.0123. The van der Waals surface area contributed by atoms with Crippen LogP contribution in [0.2, 0.25) is 0 Å². The monoisotopic (exact) mass is 211 g/mol. The lowest BCUT2D eigenvalue weighted by Gasteiger charge is -2.17. The highest BCUT2D eigenvalue weighted by atomic mass is 19.1. The maximum atomic E-state index is 13.1. The maximum absolute atomic E-state index is 13.1. The minimum Gasteiger partial charge on any atom is -0.389 e. The zero-order chi connectivity index (χ0) is 11.5. The zero-order valence-corrected chi connectivity index (χ0v) is 8.75. The van der Waals surface area contributed by atoms with Gasteiger partial charge in [-0.2, -0.15) is 0 Å². The standard InChI is InChI=1S/C11H14FNO2/c1-11(2,15)7-13-10(14)8-5-3-4-6-9(8)12/h3-6,15H,7H2,1-2H3,(H,13,14). The summed E-state index contributed by atoms with van der Waals surface area (Å²) >= 11 is 0. The molecule has 2 N–H and O–H groups in total. The molecule has 0 saturated carbocycles. The highest BCUT2D eigenvalue weighted by Crippen LogP contribution is 2.06. The van der Waals surface area contributed by atoms with E-state index in [0.717, 1.165) is 0 Å². The van der Waals surface area contributed by atoms with E-state index in [0.29, 0.717) is 0 Å². The SMILES string of the molecule is CC(C)(O)CNC(=O)c1ccccc1F. The second-order valence-corrected chi connectivity index (χ2v) is 3.97. The van der Waals surface area contributed by atoms with Gasteiger partial charge in [0.1, 0.15) is 5.82 Å². The lowest BCUT2D eigenvalue weighted by molar-refractivity contribution is 0.0692. The fourth-order valence-corrected chi connectivity index (χ4v) is 1.04. The molecule has 1 aromatic carbocycles. The van der Waals surface area contributed by atoms with E-state index in [-0.39, 0.29) is 12.1 Å². The van der Waals surface area contributed by atoms with E-state index in [1.165, 1.54) is 18.2 Å². The number of nitrogens with one attached hydrogen (secondary N) is 1. The molecular weight excluding hydrogens is 197 g/mol. The van der Waals surface area contributed by atoms with E-state index >= 15 is 0 Å². The van der Waals surface area contributed by atoms with Gasteiger partial charge in [-0.1, -0.05) is 12.1 Å². The third-order valence-corrected chi connectivity index (χ3v) is 1.80. The third-order valence-electron chi connectivity index (χ3n) is 1.80. The fraction of sp³-hybridized carbons (Fsp3) is 0.364. The van der Waals surface area contributed by atoms with Gasteiger partial charge in [-0.05, 0) is 26.0 Å². The smallest absolute Gasteiger partial charge is 0.254 e. The molecule has 0 aromatic heterocycles. The van der Waals surface area contributed by atoms with Crippen molar-refractivity contribution in [2.75, 3.05) is 6.54 Å². The van der Waals surface area contributed by atoms with E-state index < -0.39 is 17.3 Å². The van der Waals surface area contributed by atoms with Crippen LogP contribution in [0, 0.1) is 5.82 Å². The largest absolute Gasteiger partial charge is 0.389 e. The molecule has 1 aromatic rings. The first-order valence-electron chi connectivity index (χ1n) is 4.65. The molecule has 1 amide bonds. The molecule has 15 heavy (non-hydrogen) atoms. The van der Waals surface area contributed by atoms with Crippen LogP contribution in [-0.2, 0) is 0 Å². The van der Waals surface area contributed by atoms with Crippen LogP contribution < -0.4 is 5.32 Å². The summed E-state index contributed by atoms with van der Waals surface area (Å²) in [5, 5.41) is 11.8. The van der Waals surface area contributed by atoms with Gasteiger partial charge >= 0.3 is 0 Å². The van der Waals surface area contributed by atoms with Crippen molar-refractivity contribution < 1.29 is 14.3 Å². The molecule has 0 saturated heterocycles. The van der Waals surface area contributed by atoms with Crippen LogP contribution in [0.25, 0.3) is 0 Å². The number of hydrogen-bond donors (Lipinski definition) is 2. The molecular formula is C11H14FNO2.